The highest BCUT2D eigenvalue weighted by Crippen LogP contribution is 2.33. The Morgan fingerprint density at radius 2 is 0.643 bits per heavy atom. The van der Waals surface area contributed by atoms with Gasteiger partial charge in [0.1, 0.15) is 0 Å². The summed E-state index contributed by atoms with van der Waals surface area (Å²) in [6, 6.07) is 45.0. The summed E-state index contributed by atoms with van der Waals surface area (Å²) < 4.78 is 0. The van der Waals surface area contributed by atoms with Crippen molar-refractivity contribution in [1.82, 2.24) is 0 Å². The molecule has 0 aliphatic carbocycles. The van der Waals surface area contributed by atoms with Crippen molar-refractivity contribution in [1.29, 1.82) is 5.26 Å². The minimum absolute atomic E-state index is 1.17. The minimum Gasteiger partial charge on any atom is -0.311 e. The summed E-state index contributed by atoms with van der Waals surface area (Å²) in [5.74, 6) is 0. The molecule has 0 aliphatic rings. The fourth-order valence-electron chi connectivity index (χ4n) is 2.56. The molecule has 0 N–H and O–H groups in total. The second kappa shape index (κ2) is 12.5. The summed E-state index contributed by atoms with van der Waals surface area (Å²) in [6.07, 6.45) is 0. The number of benzene rings is 4. The Balaban J connectivity index is 0.000000260. The maximum atomic E-state index is 7.32. The van der Waals surface area contributed by atoms with Gasteiger partial charge >= 0.3 is 0 Å². The first-order chi connectivity index (χ1) is 13.9. The summed E-state index contributed by atoms with van der Waals surface area (Å²) >= 11 is 0. The number of para-hydroxylation sites is 3. The molecule has 4 rings (SSSR count). The maximum absolute atomic E-state index is 7.32. The molecule has 0 fully saturated rings. The van der Waals surface area contributed by atoms with E-state index < -0.39 is 0 Å². The molecule has 2 heteroatoms. The van der Waals surface area contributed by atoms with Crippen LogP contribution in [0.25, 0.3) is 0 Å². The van der Waals surface area contributed by atoms with Gasteiger partial charge in [0.05, 0.1) is 6.07 Å². The van der Waals surface area contributed by atoms with Crippen molar-refractivity contribution in [2.75, 3.05) is 4.90 Å². The van der Waals surface area contributed by atoms with Gasteiger partial charge in [0.2, 0.25) is 0 Å². The largest absolute Gasteiger partial charge is 0.311 e. The van der Waals surface area contributed by atoms with Gasteiger partial charge in [-0.25, -0.2) is 0 Å². The zero-order valence-electron chi connectivity index (χ0n) is 16.0. The monoisotopic (exact) mass is 364 g/mol. The lowest BCUT2D eigenvalue weighted by Gasteiger charge is -2.25. The molecule has 0 aromatic heterocycles. The summed E-state index contributed by atoms with van der Waals surface area (Å²) in [6.45, 7) is 1.43. The smallest absolute Gasteiger partial charge is 0.0587 e. The maximum Gasteiger partial charge on any atom is 0.0587 e. The van der Waals surface area contributed by atoms with E-state index in [0.717, 1.165) is 0 Å². The first-order valence-electron chi connectivity index (χ1n) is 9.13. The van der Waals surface area contributed by atoms with Gasteiger partial charge in [-0.3, -0.25) is 0 Å². The third-order valence-electron chi connectivity index (χ3n) is 3.71. The van der Waals surface area contributed by atoms with Gasteiger partial charge in [0.15, 0.2) is 0 Å². The van der Waals surface area contributed by atoms with E-state index in [1.54, 1.807) is 6.07 Å². The van der Waals surface area contributed by atoms with Gasteiger partial charge in [-0.15, -0.1) is 0 Å². The molecule has 2 nitrogen and oxygen atoms in total. The lowest BCUT2D eigenvalue weighted by molar-refractivity contribution is 1.28. The van der Waals surface area contributed by atoms with E-state index in [-0.39, 0.29) is 0 Å². The third kappa shape index (κ3) is 6.82. The minimum atomic E-state index is 1.17. The van der Waals surface area contributed by atoms with Gasteiger partial charge < -0.3 is 4.90 Å². The summed E-state index contributed by atoms with van der Waals surface area (Å²) in [5.41, 5.74) is 3.50. The van der Waals surface area contributed by atoms with Gasteiger partial charge in [-0.2, -0.15) is 5.26 Å². The molecular weight excluding hydrogens is 340 g/mol. The Morgan fingerprint density at radius 1 is 0.464 bits per heavy atom. The molecular formula is C26H24N2. The number of anilines is 3. The highest BCUT2D eigenvalue weighted by molar-refractivity contribution is 5.76. The topological polar surface area (TPSA) is 27.0 Å². The Labute approximate surface area is 167 Å². The normalized spacial score (nSPS) is 8.86. The molecule has 0 heterocycles. The average molecular weight is 364 g/mol. The molecule has 0 saturated heterocycles. The van der Waals surface area contributed by atoms with Crippen molar-refractivity contribution in [2.45, 2.75) is 6.92 Å². The van der Waals surface area contributed by atoms with Gasteiger partial charge in [-0.05, 0) is 36.4 Å². The summed E-state index contributed by atoms with van der Waals surface area (Å²) in [4.78, 5) is 2.25. The molecule has 0 bridgehead atoms. The van der Waals surface area contributed by atoms with E-state index in [2.05, 4.69) is 77.7 Å². The molecule has 0 radical (unpaired) electrons. The highest BCUT2D eigenvalue weighted by atomic mass is 15.1. The van der Waals surface area contributed by atoms with E-state index >= 15 is 0 Å². The first-order valence-corrected chi connectivity index (χ1v) is 9.13. The van der Waals surface area contributed by atoms with Crippen LogP contribution in [0, 0.1) is 11.3 Å². The van der Waals surface area contributed by atoms with Crippen LogP contribution in [0.2, 0.25) is 0 Å². The molecule has 0 unspecified atom stereocenters. The van der Waals surface area contributed by atoms with Crippen LogP contribution in [0.4, 0.5) is 17.1 Å². The van der Waals surface area contributed by atoms with Gasteiger partial charge in [-0.1, -0.05) is 91.0 Å². The molecule has 0 saturated carbocycles. The summed E-state index contributed by atoms with van der Waals surface area (Å²) in [7, 11) is 0. The van der Waals surface area contributed by atoms with E-state index in [9.17, 15) is 0 Å². The van der Waals surface area contributed by atoms with Gasteiger partial charge in [0.25, 0.3) is 0 Å². The second-order valence-electron chi connectivity index (χ2n) is 5.72. The fourth-order valence-corrected chi connectivity index (χ4v) is 2.56. The fraction of sp³-hybridized carbons (Fsp3) is 0.0385. The van der Waals surface area contributed by atoms with Gasteiger partial charge in [0, 0.05) is 24.0 Å². The second-order valence-corrected chi connectivity index (χ2v) is 5.72. The van der Waals surface area contributed by atoms with Crippen molar-refractivity contribution in [3.8, 4) is 6.07 Å². The Morgan fingerprint density at radius 3 is 0.857 bits per heavy atom. The van der Waals surface area contributed by atoms with Crippen molar-refractivity contribution in [2.24, 2.45) is 0 Å². The third-order valence-corrected chi connectivity index (χ3v) is 3.71. The Kier molecular flexibility index (Phi) is 9.15. The van der Waals surface area contributed by atoms with Crippen LogP contribution < -0.4 is 4.90 Å². The number of nitrogens with zero attached hydrogens (tertiary/aromatic N) is 2. The van der Waals surface area contributed by atoms with Crippen LogP contribution in [0.1, 0.15) is 6.92 Å². The number of hydrogen-bond acceptors (Lipinski definition) is 2. The van der Waals surface area contributed by atoms with Crippen LogP contribution in [0.5, 0.6) is 0 Å². The quantitative estimate of drug-likeness (QED) is 0.379. The lowest BCUT2D eigenvalue weighted by Crippen LogP contribution is -2.09. The standard InChI is InChI=1S/C18H15N.C6H6.C2H3N/c1-4-10-16(11-5-1)19(17-12-6-2-7-13-17)18-14-8-3-9-15-18;1-2-4-6-5-3-1;1-2-3/h1-15H;1-6H;1H3. The van der Waals surface area contributed by atoms with Crippen molar-refractivity contribution in [3.05, 3.63) is 127 Å². The number of nitriles is 1. The lowest BCUT2D eigenvalue weighted by atomic mass is 10.2. The SMILES string of the molecule is CC#N.c1ccc(N(c2ccccc2)c2ccccc2)cc1.c1ccccc1. The zero-order chi connectivity index (χ0) is 19.9. The molecule has 0 aliphatic heterocycles. The van der Waals surface area contributed by atoms with Crippen molar-refractivity contribution >= 4 is 17.1 Å². The van der Waals surface area contributed by atoms with Crippen LogP contribution in [0.15, 0.2) is 127 Å². The van der Waals surface area contributed by atoms with Crippen molar-refractivity contribution in [3.63, 3.8) is 0 Å². The highest BCUT2D eigenvalue weighted by Gasteiger charge is 2.10. The molecule has 4 aromatic carbocycles. The zero-order valence-corrected chi connectivity index (χ0v) is 16.0. The molecule has 0 atom stereocenters. The molecule has 28 heavy (non-hydrogen) atoms. The predicted molar refractivity (Wildman–Crippen MR) is 119 cm³/mol. The molecule has 138 valence electrons. The summed E-state index contributed by atoms with van der Waals surface area (Å²) in [5, 5.41) is 7.32. The number of hydrogen-bond donors (Lipinski definition) is 0. The Bertz CT molecular complexity index is 795. The van der Waals surface area contributed by atoms with Crippen LogP contribution >= 0.6 is 0 Å². The molecule has 4 aromatic rings. The van der Waals surface area contributed by atoms with E-state index in [1.807, 2.05) is 54.6 Å². The van der Waals surface area contributed by atoms with Crippen LogP contribution in [0.3, 0.4) is 0 Å². The van der Waals surface area contributed by atoms with E-state index in [0.29, 0.717) is 0 Å². The molecule has 0 amide bonds. The van der Waals surface area contributed by atoms with E-state index in [1.165, 1.54) is 24.0 Å². The van der Waals surface area contributed by atoms with E-state index in [4.69, 9.17) is 5.26 Å². The average Bonchev–Trinajstić information content (AvgIpc) is 2.78. The Hall–Kier alpha value is -3.83. The van der Waals surface area contributed by atoms with Crippen LogP contribution in [-0.2, 0) is 0 Å². The van der Waals surface area contributed by atoms with Crippen molar-refractivity contribution < 1.29 is 0 Å². The molecule has 0 spiro atoms. The first kappa shape index (κ1) is 20.5. The predicted octanol–water partition coefficient (Wildman–Crippen LogP) is 7.37. The van der Waals surface area contributed by atoms with Crippen LogP contribution in [-0.4, -0.2) is 0 Å². The number of rotatable bonds is 3.